The number of nitrogens with two attached hydrogens (primary N) is 1. The molecule has 1 aliphatic rings. The zero-order valence-electron chi connectivity index (χ0n) is 10.2. The molecule has 7 nitrogen and oxygen atoms in total. The normalized spacial score (nSPS) is 21.2. The van der Waals surface area contributed by atoms with Gasteiger partial charge in [-0.1, -0.05) is 0 Å². The van der Waals surface area contributed by atoms with Crippen LogP contribution in [0.15, 0.2) is 12.3 Å². The number of nitrogens with one attached hydrogen (secondary N) is 1. The number of anilines is 2. The molecule has 1 saturated heterocycles. The molecule has 0 radical (unpaired) electrons. The molecule has 19 heavy (non-hydrogen) atoms. The van der Waals surface area contributed by atoms with Crippen molar-refractivity contribution >= 4 is 27.3 Å². The van der Waals surface area contributed by atoms with Crippen LogP contribution in [-0.2, 0) is 9.84 Å². The molecule has 1 aliphatic heterocycles. The molecule has 2 rings (SSSR count). The highest BCUT2D eigenvalue weighted by Gasteiger charge is 2.27. The predicted molar refractivity (Wildman–Crippen MR) is 70.9 cm³/mol. The number of pyridine rings is 1. The highest BCUT2D eigenvalue weighted by atomic mass is 32.2. The molecular formula is C11H15N3O4S. The molecule has 0 saturated carbocycles. The van der Waals surface area contributed by atoms with Crippen LogP contribution in [-0.4, -0.2) is 42.5 Å². The lowest BCUT2D eigenvalue weighted by Crippen LogP contribution is -2.17. The molecular weight excluding hydrogens is 270 g/mol. The first-order valence-corrected chi connectivity index (χ1v) is 7.62. The van der Waals surface area contributed by atoms with Gasteiger partial charge in [0, 0.05) is 12.7 Å². The Morgan fingerprint density at radius 2 is 2.32 bits per heavy atom. The Labute approximate surface area is 110 Å². The number of rotatable bonds is 4. The van der Waals surface area contributed by atoms with Gasteiger partial charge >= 0.3 is 5.97 Å². The lowest BCUT2D eigenvalue weighted by Gasteiger charge is -2.12. The van der Waals surface area contributed by atoms with Crippen LogP contribution >= 0.6 is 0 Å². The third-order valence-electron chi connectivity index (χ3n) is 3.05. The number of hydrogen-bond acceptors (Lipinski definition) is 6. The van der Waals surface area contributed by atoms with Crippen molar-refractivity contribution in [1.82, 2.24) is 4.98 Å². The summed E-state index contributed by atoms with van der Waals surface area (Å²) in [5, 5.41) is 11.7. The SMILES string of the molecule is Nc1cc(C(=O)O)cnc1NCC1CCS(=O)(=O)C1. The Morgan fingerprint density at radius 3 is 2.84 bits per heavy atom. The van der Waals surface area contributed by atoms with E-state index in [0.717, 1.165) is 0 Å². The van der Waals surface area contributed by atoms with E-state index in [2.05, 4.69) is 10.3 Å². The summed E-state index contributed by atoms with van der Waals surface area (Å²) in [7, 11) is -2.90. The molecule has 0 bridgehead atoms. The van der Waals surface area contributed by atoms with E-state index in [1.807, 2.05) is 0 Å². The molecule has 0 amide bonds. The van der Waals surface area contributed by atoms with Gasteiger partial charge in [0.05, 0.1) is 22.8 Å². The van der Waals surface area contributed by atoms with Crippen molar-refractivity contribution in [1.29, 1.82) is 0 Å². The predicted octanol–water partition coefficient (Wildman–Crippen LogP) is 0.209. The Hall–Kier alpha value is -1.83. The zero-order chi connectivity index (χ0) is 14.0. The third kappa shape index (κ3) is 3.34. The van der Waals surface area contributed by atoms with Crippen LogP contribution < -0.4 is 11.1 Å². The third-order valence-corrected chi connectivity index (χ3v) is 4.89. The average molecular weight is 285 g/mol. The average Bonchev–Trinajstić information content (AvgIpc) is 2.67. The largest absolute Gasteiger partial charge is 0.478 e. The molecule has 1 aromatic heterocycles. The van der Waals surface area contributed by atoms with E-state index in [1.54, 1.807) is 0 Å². The number of aromatic carboxylic acids is 1. The van der Waals surface area contributed by atoms with Gasteiger partial charge in [-0.15, -0.1) is 0 Å². The molecule has 0 aliphatic carbocycles. The van der Waals surface area contributed by atoms with Gasteiger partial charge in [-0.05, 0) is 18.4 Å². The van der Waals surface area contributed by atoms with Gasteiger partial charge in [-0.25, -0.2) is 18.2 Å². The summed E-state index contributed by atoms with van der Waals surface area (Å²) in [6.07, 6.45) is 1.84. The summed E-state index contributed by atoms with van der Waals surface area (Å²) in [6.45, 7) is 0.461. The van der Waals surface area contributed by atoms with Crippen LogP contribution in [0.1, 0.15) is 16.8 Å². The molecule has 104 valence electrons. The fourth-order valence-electron chi connectivity index (χ4n) is 2.02. The van der Waals surface area contributed by atoms with E-state index in [4.69, 9.17) is 10.8 Å². The van der Waals surface area contributed by atoms with Crippen molar-refractivity contribution in [3.63, 3.8) is 0 Å². The maximum Gasteiger partial charge on any atom is 0.337 e. The van der Waals surface area contributed by atoms with Crippen LogP contribution in [0, 0.1) is 5.92 Å². The van der Waals surface area contributed by atoms with Crippen LogP contribution in [0.4, 0.5) is 11.5 Å². The second kappa shape index (κ2) is 5.04. The number of nitrogen functional groups attached to an aromatic ring is 1. The first kappa shape index (κ1) is 13.6. The molecule has 1 atom stereocenters. The van der Waals surface area contributed by atoms with Crippen molar-refractivity contribution in [3.8, 4) is 0 Å². The van der Waals surface area contributed by atoms with Gasteiger partial charge in [0.15, 0.2) is 9.84 Å². The topological polar surface area (TPSA) is 122 Å². The quantitative estimate of drug-likeness (QED) is 0.722. The second-order valence-electron chi connectivity index (χ2n) is 4.62. The lowest BCUT2D eigenvalue weighted by atomic mass is 10.1. The lowest BCUT2D eigenvalue weighted by molar-refractivity contribution is 0.0696. The molecule has 8 heteroatoms. The molecule has 4 N–H and O–H groups in total. The second-order valence-corrected chi connectivity index (χ2v) is 6.85. The van der Waals surface area contributed by atoms with E-state index in [-0.39, 0.29) is 28.7 Å². The van der Waals surface area contributed by atoms with Crippen molar-refractivity contribution in [3.05, 3.63) is 17.8 Å². The highest BCUT2D eigenvalue weighted by Crippen LogP contribution is 2.21. The Kier molecular flexibility index (Phi) is 3.61. The number of nitrogens with zero attached hydrogens (tertiary/aromatic N) is 1. The minimum atomic E-state index is -2.90. The van der Waals surface area contributed by atoms with Gasteiger partial charge in [0.2, 0.25) is 0 Å². The van der Waals surface area contributed by atoms with E-state index < -0.39 is 15.8 Å². The van der Waals surface area contributed by atoms with Gasteiger partial charge in [-0.2, -0.15) is 0 Å². The van der Waals surface area contributed by atoms with E-state index in [0.29, 0.717) is 18.8 Å². The van der Waals surface area contributed by atoms with Crippen molar-refractivity contribution < 1.29 is 18.3 Å². The maximum absolute atomic E-state index is 11.3. The first-order chi connectivity index (χ1) is 8.87. The maximum atomic E-state index is 11.3. The summed E-state index contributed by atoms with van der Waals surface area (Å²) >= 11 is 0. The minimum Gasteiger partial charge on any atom is -0.478 e. The molecule has 1 unspecified atom stereocenters. The van der Waals surface area contributed by atoms with Crippen LogP contribution in [0.5, 0.6) is 0 Å². The van der Waals surface area contributed by atoms with Gasteiger partial charge in [-0.3, -0.25) is 0 Å². The number of carboxylic acid groups (broad SMARTS) is 1. The Balaban J connectivity index is 1.99. The van der Waals surface area contributed by atoms with Crippen LogP contribution in [0.3, 0.4) is 0 Å². The fraction of sp³-hybridized carbons (Fsp3) is 0.455. The molecule has 2 heterocycles. The van der Waals surface area contributed by atoms with Crippen molar-refractivity contribution in [2.24, 2.45) is 5.92 Å². The standard InChI is InChI=1S/C11H15N3O4S/c12-9-3-8(11(15)16)5-14-10(9)13-4-7-1-2-19(17,18)6-7/h3,5,7H,1-2,4,6,12H2,(H,13,14)(H,15,16). The van der Waals surface area contributed by atoms with Gasteiger partial charge in [0.1, 0.15) is 5.82 Å². The van der Waals surface area contributed by atoms with Gasteiger partial charge in [0.25, 0.3) is 0 Å². The number of carboxylic acids is 1. The van der Waals surface area contributed by atoms with Crippen molar-refractivity contribution in [2.75, 3.05) is 29.1 Å². The summed E-state index contributed by atoms with van der Waals surface area (Å²) in [5.74, 6) is -0.264. The Bertz CT molecular complexity index is 600. The van der Waals surface area contributed by atoms with Crippen LogP contribution in [0.25, 0.3) is 0 Å². The van der Waals surface area contributed by atoms with Gasteiger partial charge < -0.3 is 16.2 Å². The van der Waals surface area contributed by atoms with E-state index in [9.17, 15) is 13.2 Å². The summed E-state index contributed by atoms with van der Waals surface area (Å²) in [5.41, 5.74) is 5.95. The summed E-state index contributed by atoms with van der Waals surface area (Å²) in [4.78, 5) is 14.7. The number of sulfone groups is 1. The molecule has 0 spiro atoms. The first-order valence-electron chi connectivity index (χ1n) is 5.80. The van der Waals surface area contributed by atoms with Crippen LogP contribution in [0.2, 0.25) is 0 Å². The highest BCUT2D eigenvalue weighted by molar-refractivity contribution is 7.91. The molecule has 0 aromatic carbocycles. The number of aromatic nitrogens is 1. The molecule has 1 fully saturated rings. The zero-order valence-corrected chi connectivity index (χ0v) is 11.0. The summed E-state index contributed by atoms with van der Waals surface area (Å²) in [6, 6.07) is 1.32. The van der Waals surface area contributed by atoms with E-state index in [1.165, 1.54) is 12.3 Å². The minimum absolute atomic E-state index is 0.0199. The number of hydrogen-bond donors (Lipinski definition) is 3. The number of carbonyl (C=O) groups is 1. The smallest absolute Gasteiger partial charge is 0.337 e. The summed E-state index contributed by atoms with van der Waals surface area (Å²) < 4.78 is 22.6. The monoisotopic (exact) mass is 285 g/mol. The van der Waals surface area contributed by atoms with E-state index >= 15 is 0 Å². The fourth-order valence-corrected chi connectivity index (χ4v) is 3.88. The Morgan fingerprint density at radius 1 is 1.58 bits per heavy atom. The van der Waals surface area contributed by atoms with Crippen molar-refractivity contribution in [2.45, 2.75) is 6.42 Å². The molecule has 1 aromatic rings.